The number of hydrogen-bond donors (Lipinski definition) is 1. The van der Waals surface area contributed by atoms with Crippen LogP contribution in [0.4, 0.5) is 0 Å². The fourth-order valence-corrected chi connectivity index (χ4v) is 2.31. The van der Waals surface area contributed by atoms with Gasteiger partial charge in [0.1, 0.15) is 5.75 Å². The Morgan fingerprint density at radius 2 is 2.20 bits per heavy atom. The zero-order valence-corrected chi connectivity index (χ0v) is 11.9. The minimum absolute atomic E-state index is 0.0170. The van der Waals surface area contributed by atoms with E-state index in [0.29, 0.717) is 23.8 Å². The van der Waals surface area contributed by atoms with Crippen LogP contribution in [0.1, 0.15) is 24.8 Å². The second-order valence-electron chi connectivity index (χ2n) is 4.63. The zero-order valence-electron chi connectivity index (χ0n) is 11.1. The molecule has 1 aliphatic carbocycles. The number of ether oxygens (including phenoxy) is 2. The number of halogens is 1. The first-order valence-corrected chi connectivity index (χ1v) is 6.78. The van der Waals surface area contributed by atoms with Crippen LogP contribution in [0.2, 0.25) is 5.02 Å². The van der Waals surface area contributed by atoms with Gasteiger partial charge in [-0.25, -0.2) is 4.79 Å². The molecule has 108 valence electrons. The summed E-state index contributed by atoms with van der Waals surface area (Å²) in [6, 6.07) is 5.11. The van der Waals surface area contributed by atoms with Crippen LogP contribution in [0.5, 0.6) is 5.75 Å². The molecular weight excluding hydrogens is 282 g/mol. The van der Waals surface area contributed by atoms with E-state index < -0.39 is 5.97 Å². The van der Waals surface area contributed by atoms with Gasteiger partial charge in [0.2, 0.25) is 5.91 Å². The van der Waals surface area contributed by atoms with Crippen molar-refractivity contribution in [3.8, 4) is 5.75 Å². The van der Waals surface area contributed by atoms with Crippen molar-refractivity contribution < 1.29 is 19.1 Å². The summed E-state index contributed by atoms with van der Waals surface area (Å²) in [5, 5.41) is 0.554. The smallest absolute Gasteiger partial charge is 0.344 e. The molecule has 1 aliphatic rings. The van der Waals surface area contributed by atoms with Gasteiger partial charge in [0.25, 0.3) is 0 Å². The van der Waals surface area contributed by atoms with Crippen molar-refractivity contribution in [1.82, 2.24) is 0 Å². The normalized spacial score (nSPS) is 20.3. The van der Waals surface area contributed by atoms with Gasteiger partial charge in [-0.3, -0.25) is 4.79 Å². The van der Waals surface area contributed by atoms with E-state index in [9.17, 15) is 9.59 Å². The van der Waals surface area contributed by atoms with Crippen LogP contribution in [0.25, 0.3) is 0 Å². The molecule has 0 unspecified atom stereocenters. The van der Waals surface area contributed by atoms with E-state index >= 15 is 0 Å². The molecule has 1 amide bonds. The summed E-state index contributed by atoms with van der Waals surface area (Å²) < 4.78 is 10.2. The van der Waals surface area contributed by atoms with E-state index in [1.165, 1.54) is 0 Å². The van der Waals surface area contributed by atoms with Crippen LogP contribution < -0.4 is 10.5 Å². The first-order valence-electron chi connectivity index (χ1n) is 6.40. The van der Waals surface area contributed by atoms with Gasteiger partial charge in [0.15, 0.2) is 6.61 Å². The largest absolute Gasteiger partial charge is 0.482 e. The molecule has 1 aromatic rings. The highest BCUT2D eigenvalue weighted by atomic mass is 35.5. The van der Waals surface area contributed by atoms with E-state index in [2.05, 4.69) is 0 Å². The topological polar surface area (TPSA) is 78.6 Å². The molecule has 1 fully saturated rings. The lowest BCUT2D eigenvalue weighted by atomic mass is 10.1. The fourth-order valence-electron chi connectivity index (χ4n) is 2.13. The minimum Gasteiger partial charge on any atom is -0.482 e. The molecule has 0 spiro atoms. The predicted molar refractivity (Wildman–Crippen MR) is 73.6 cm³/mol. The van der Waals surface area contributed by atoms with Crippen molar-refractivity contribution >= 4 is 23.5 Å². The molecule has 0 bridgehead atoms. The van der Waals surface area contributed by atoms with Crippen LogP contribution in [0.3, 0.4) is 0 Å². The average Bonchev–Trinajstić information content (AvgIpc) is 3.18. The van der Waals surface area contributed by atoms with Crippen molar-refractivity contribution in [1.29, 1.82) is 0 Å². The highest BCUT2D eigenvalue weighted by molar-refractivity contribution is 6.30. The Bertz CT molecular complexity index is 532. The molecule has 1 saturated carbocycles. The quantitative estimate of drug-likeness (QED) is 0.813. The maximum absolute atomic E-state index is 11.3. The number of amides is 1. The van der Waals surface area contributed by atoms with Crippen LogP contribution in [0.15, 0.2) is 18.2 Å². The van der Waals surface area contributed by atoms with Crippen molar-refractivity contribution in [2.45, 2.75) is 19.3 Å². The molecule has 20 heavy (non-hydrogen) atoms. The van der Waals surface area contributed by atoms with Crippen LogP contribution in [0, 0.1) is 5.92 Å². The Balaban J connectivity index is 2.09. The SMILES string of the molecule is CCOC(=O)COc1ccc(Cl)cc1[C@H]1C[C@@H]1C(N)=O. The molecule has 0 heterocycles. The highest BCUT2D eigenvalue weighted by Crippen LogP contribution is 2.50. The summed E-state index contributed by atoms with van der Waals surface area (Å²) in [7, 11) is 0. The lowest BCUT2D eigenvalue weighted by Gasteiger charge is -2.11. The minimum atomic E-state index is -0.435. The molecule has 1 aromatic carbocycles. The fraction of sp³-hybridized carbons (Fsp3) is 0.429. The Labute approximate surface area is 122 Å². The van der Waals surface area contributed by atoms with Gasteiger partial charge in [0.05, 0.1) is 6.61 Å². The molecule has 5 nitrogen and oxygen atoms in total. The third-order valence-electron chi connectivity index (χ3n) is 3.18. The molecule has 2 atom stereocenters. The van der Waals surface area contributed by atoms with Gasteiger partial charge in [-0.2, -0.15) is 0 Å². The maximum Gasteiger partial charge on any atom is 0.344 e. The molecule has 0 radical (unpaired) electrons. The van der Waals surface area contributed by atoms with E-state index in [1.54, 1.807) is 25.1 Å². The van der Waals surface area contributed by atoms with Gasteiger partial charge in [-0.05, 0) is 43.0 Å². The monoisotopic (exact) mass is 297 g/mol. The number of rotatable bonds is 6. The second-order valence-corrected chi connectivity index (χ2v) is 5.06. The molecule has 2 rings (SSSR count). The first kappa shape index (κ1) is 14.7. The summed E-state index contributed by atoms with van der Waals surface area (Å²) in [6.07, 6.45) is 0.686. The molecule has 0 saturated heterocycles. The van der Waals surface area contributed by atoms with Crippen LogP contribution in [-0.2, 0) is 14.3 Å². The Kier molecular flexibility index (Phi) is 4.49. The Hall–Kier alpha value is -1.75. The number of carbonyl (C=O) groups is 2. The summed E-state index contributed by atoms with van der Waals surface area (Å²) in [6.45, 7) is 1.87. The lowest BCUT2D eigenvalue weighted by molar-refractivity contribution is -0.145. The van der Waals surface area contributed by atoms with E-state index in [-0.39, 0.29) is 24.3 Å². The van der Waals surface area contributed by atoms with E-state index in [0.717, 1.165) is 5.56 Å². The van der Waals surface area contributed by atoms with Crippen molar-refractivity contribution in [2.24, 2.45) is 11.7 Å². The van der Waals surface area contributed by atoms with Gasteiger partial charge in [0, 0.05) is 10.9 Å². The van der Waals surface area contributed by atoms with E-state index in [4.69, 9.17) is 26.8 Å². The Morgan fingerprint density at radius 3 is 2.80 bits per heavy atom. The summed E-state index contributed by atoms with van der Waals surface area (Å²) in [5.41, 5.74) is 6.10. The molecular formula is C14H16ClNO4. The third kappa shape index (κ3) is 3.42. The van der Waals surface area contributed by atoms with Crippen molar-refractivity contribution in [3.63, 3.8) is 0 Å². The zero-order chi connectivity index (χ0) is 14.7. The first-order chi connectivity index (χ1) is 9.52. The Morgan fingerprint density at radius 1 is 1.45 bits per heavy atom. The second kappa shape index (κ2) is 6.13. The number of esters is 1. The van der Waals surface area contributed by atoms with Gasteiger partial charge in [-0.1, -0.05) is 11.6 Å². The number of primary amides is 1. The number of benzene rings is 1. The predicted octanol–water partition coefficient (Wildman–Crippen LogP) is 1.87. The standard InChI is InChI=1S/C14H16ClNO4/c1-2-19-13(17)7-20-12-4-3-8(15)5-10(12)9-6-11(9)14(16)18/h3-5,9,11H,2,6-7H2,1H3,(H2,16,18)/t9-,11+/m1/s1. The summed E-state index contributed by atoms with van der Waals surface area (Å²) in [5.74, 6) is -0.389. The van der Waals surface area contributed by atoms with Crippen molar-refractivity contribution in [3.05, 3.63) is 28.8 Å². The van der Waals surface area contributed by atoms with Gasteiger partial charge in [-0.15, -0.1) is 0 Å². The molecule has 2 N–H and O–H groups in total. The van der Waals surface area contributed by atoms with Gasteiger partial charge >= 0.3 is 5.97 Å². The summed E-state index contributed by atoms with van der Waals surface area (Å²) in [4.78, 5) is 22.5. The third-order valence-corrected chi connectivity index (χ3v) is 3.41. The number of carbonyl (C=O) groups excluding carboxylic acids is 2. The maximum atomic E-state index is 11.3. The van der Waals surface area contributed by atoms with Gasteiger partial charge < -0.3 is 15.2 Å². The average molecular weight is 298 g/mol. The molecule has 0 aromatic heterocycles. The van der Waals surface area contributed by atoms with Crippen LogP contribution >= 0.6 is 11.6 Å². The van der Waals surface area contributed by atoms with Crippen LogP contribution in [-0.4, -0.2) is 25.1 Å². The highest BCUT2D eigenvalue weighted by Gasteiger charge is 2.44. The van der Waals surface area contributed by atoms with Crippen molar-refractivity contribution in [2.75, 3.05) is 13.2 Å². The molecule has 0 aliphatic heterocycles. The molecule has 6 heteroatoms. The number of hydrogen-bond acceptors (Lipinski definition) is 4. The lowest BCUT2D eigenvalue weighted by Crippen LogP contribution is -2.16. The summed E-state index contributed by atoms with van der Waals surface area (Å²) >= 11 is 5.97. The van der Waals surface area contributed by atoms with E-state index in [1.807, 2.05) is 0 Å². The number of nitrogens with two attached hydrogens (primary N) is 1.